The first-order chi connectivity index (χ1) is 11.1. The van der Waals surface area contributed by atoms with Gasteiger partial charge in [0.05, 0.1) is 11.4 Å². The molecular weight excluding hydrogens is 298 g/mol. The van der Waals surface area contributed by atoms with E-state index in [0.29, 0.717) is 5.57 Å². The molecule has 4 nitrogen and oxygen atoms in total. The van der Waals surface area contributed by atoms with Crippen LogP contribution in [-0.2, 0) is 0 Å². The van der Waals surface area contributed by atoms with E-state index in [9.17, 15) is 8.78 Å². The van der Waals surface area contributed by atoms with Crippen LogP contribution in [0.2, 0.25) is 0 Å². The Hall–Kier alpha value is -2.76. The molecule has 0 aliphatic heterocycles. The van der Waals surface area contributed by atoms with Crippen LogP contribution in [0, 0.1) is 6.92 Å². The zero-order valence-electron chi connectivity index (χ0n) is 12.4. The Labute approximate surface area is 131 Å². The first kappa shape index (κ1) is 13.9. The second-order valence-corrected chi connectivity index (χ2v) is 5.58. The summed E-state index contributed by atoms with van der Waals surface area (Å²) in [5.74, 6) is -0.539. The average molecular weight is 312 g/mol. The lowest BCUT2D eigenvalue weighted by molar-refractivity contribution is 0.397. The first-order valence-electron chi connectivity index (χ1n) is 7.33. The SMILES string of the molecule is Cc1nn(-c2ccnc3[nH]ccc23)cc1C1=CC(F)=CC(F)C1. The summed E-state index contributed by atoms with van der Waals surface area (Å²) in [6.45, 7) is 1.84. The minimum atomic E-state index is -1.30. The lowest BCUT2D eigenvalue weighted by atomic mass is 9.96. The molecule has 4 rings (SSSR count). The summed E-state index contributed by atoms with van der Waals surface area (Å²) in [7, 11) is 0. The molecule has 116 valence electrons. The average Bonchev–Trinajstić information content (AvgIpc) is 3.12. The van der Waals surface area contributed by atoms with Gasteiger partial charge in [0, 0.05) is 36.0 Å². The number of hydrogen-bond acceptors (Lipinski definition) is 2. The van der Waals surface area contributed by atoms with Crippen LogP contribution in [0.3, 0.4) is 0 Å². The number of nitrogens with zero attached hydrogens (tertiary/aromatic N) is 3. The van der Waals surface area contributed by atoms with E-state index in [1.54, 1.807) is 10.9 Å². The number of hydrogen-bond donors (Lipinski definition) is 1. The zero-order valence-corrected chi connectivity index (χ0v) is 12.4. The summed E-state index contributed by atoms with van der Waals surface area (Å²) >= 11 is 0. The smallest absolute Gasteiger partial charge is 0.139 e. The number of halogens is 2. The fraction of sp³-hybridized carbons (Fsp3) is 0.176. The van der Waals surface area contributed by atoms with Gasteiger partial charge in [-0.15, -0.1) is 0 Å². The van der Waals surface area contributed by atoms with Crippen LogP contribution in [0.5, 0.6) is 0 Å². The van der Waals surface area contributed by atoms with E-state index < -0.39 is 12.0 Å². The van der Waals surface area contributed by atoms with Gasteiger partial charge in [0.25, 0.3) is 0 Å². The largest absolute Gasteiger partial charge is 0.346 e. The highest BCUT2D eigenvalue weighted by atomic mass is 19.1. The van der Waals surface area contributed by atoms with Crippen LogP contribution in [0.1, 0.15) is 17.7 Å². The summed E-state index contributed by atoms with van der Waals surface area (Å²) in [6.07, 6.45) is 6.57. The number of aryl methyl sites for hydroxylation is 1. The lowest BCUT2D eigenvalue weighted by Gasteiger charge is -2.12. The molecule has 0 aromatic carbocycles. The Morgan fingerprint density at radius 1 is 1.35 bits per heavy atom. The maximum atomic E-state index is 13.6. The summed E-state index contributed by atoms with van der Waals surface area (Å²) in [5, 5.41) is 5.44. The molecule has 1 aliphatic rings. The molecule has 23 heavy (non-hydrogen) atoms. The third-order valence-electron chi connectivity index (χ3n) is 4.00. The van der Waals surface area contributed by atoms with Gasteiger partial charge >= 0.3 is 0 Å². The van der Waals surface area contributed by atoms with E-state index >= 15 is 0 Å². The van der Waals surface area contributed by atoms with Crippen LogP contribution in [-0.4, -0.2) is 25.9 Å². The third-order valence-corrected chi connectivity index (χ3v) is 4.00. The number of pyridine rings is 1. The van der Waals surface area contributed by atoms with Gasteiger partial charge in [-0.3, -0.25) is 0 Å². The number of alkyl halides is 1. The Kier molecular flexibility index (Phi) is 3.11. The highest BCUT2D eigenvalue weighted by Gasteiger charge is 2.19. The summed E-state index contributed by atoms with van der Waals surface area (Å²) in [6, 6.07) is 3.79. The van der Waals surface area contributed by atoms with Crippen LogP contribution < -0.4 is 0 Å². The highest BCUT2D eigenvalue weighted by Crippen LogP contribution is 2.31. The number of aromatic nitrogens is 4. The maximum Gasteiger partial charge on any atom is 0.139 e. The molecule has 0 amide bonds. The monoisotopic (exact) mass is 312 g/mol. The predicted molar refractivity (Wildman–Crippen MR) is 84.6 cm³/mol. The minimum Gasteiger partial charge on any atom is -0.346 e. The van der Waals surface area contributed by atoms with Crippen molar-refractivity contribution in [2.24, 2.45) is 0 Å². The van der Waals surface area contributed by atoms with E-state index in [-0.39, 0.29) is 6.42 Å². The fourth-order valence-corrected chi connectivity index (χ4v) is 2.95. The number of rotatable bonds is 2. The summed E-state index contributed by atoms with van der Waals surface area (Å²) < 4.78 is 28.8. The van der Waals surface area contributed by atoms with Crippen molar-refractivity contribution in [1.29, 1.82) is 0 Å². The predicted octanol–water partition coefficient (Wildman–Crippen LogP) is 4.04. The zero-order chi connectivity index (χ0) is 16.0. The Morgan fingerprint density at radius 2 is 2.22 bits per heavy atom. The standard InChI is InChI=1S/C17H14F2N4/c1-10-15(11-6-12(18)8-13(19)7-11)9-23(22-10)16-3-5-21-17-14(16)2-4-20-17/h2-6,8-9,13H,7H2,1H3,(H,20,21). The number of aromatic amines is 1. The molecule has 0 saturated carbocycles. The quantitative estimate of drug-likeness (QED) is 0.776. The minimum absolute atomic E-state index is 0.163. The molecule has 3 aromatic rings. The number of nitrogens with one attached hydrogen (secondary N) is 1. The number of H-pyrrole nitrogens is 1. The molecule has 1 atom stereocenters. The van der Waals surface area contributed by atoms with Crippen molar-refractivity contribution < 1.29 is 8.78 Å². The highest BCUT2D eigenvalue weighted by molar-refractivity contribution is 5.84. The van der Waals surface area contributed by atoms with Gasteiger partial charge in [-0.05, 0) is 36.8 Å². The van der Waals surface area contributed by atoms with Crippen molar-refractivity contribution in [3.63, 3.8) is 0 Å². The van der Waals surface area contributed by atoms with Crippen LogP contribution >= 0.6 is 0 Å². The molecule has 1 unspecified atom stereocenters. The molecule has 0 bridgehead atoms. The van der Waals surface area contributed by atoms with Crippen molar-refractivity contribution in [1.82, 2.24) is 19.7 Å². The molecule has 0 saturated heterocycles. The second kappa shape index (κ2) is 5.15. The third kappa shape index (κ3) is 2.36. The van der Waals surface area contributed by atoms with E-state index in [1.165, 1.54) is 6.08 Å². The van der Waals surface area contributed by atoms with Gasteiger partial charge in [0.2, 0.25) is 0 Å². The summed E-state index contributed by atoms with van der Waals surface area (Å²) in [5.41, 5.74) is 3.76. The normalized spacial score (nSPS) is 18.1. The fourth-order valence-electron chi connectivity index (χ4n) is 2.95. The van der Waals surface area contributed by atoms with Crippen molar-refractivity contribution in [2.45, 2.75) is 19.5 Å². The molecule has 3 aromatic heterocycles. The van der Waals surface area contributed by atoms with Crippen molar-refractivity contribution >= 4 is 16.6 Å². The molecule has 0 spiro atoms. The molecule has 1 N–H and O–H groups in total. The van der Waals surface area contributed by atoms with E-state index in [1.807, 2.05) is 31.5 Å². The van der Waals surface area contributed by atoms with Crippen LogP contribution in [0.4, 0.5) is 8.78 Å². The maximum absolute atomic E-state index is 13.6. The van der Waals surface area contributed by atoms with Crippen molar-refractivity contribution in [2.75, 3.05) is 0 Å². The molecule has 0 fully saturated rings. The van der Waals surface area contributed by atoms with E-state index in [2.05, 4.69) is 15.1 Å². The second-order valence-electron chi connectivity index (χ2n) is 5.58. The van der Waals surface area contributed by atoms with Gasteiger partial charge in [-0.25, -0.2) is 18.4 Å². The molecular formula is C17H14F2N4. The molecule has 3 heterocycles. The number of allylic oxidation sites excluding steroid dienone is 4. The first-order valence-corrected chi connectivity index (χ1v) is 7.33. The van der Waals surface area contributed by atoms with Crippen LogP contribution in [0.25, 0.3) is 22.3 Å². The molecule has 1 aliphatic carbocycles. The van der Waals surface area contributed by atoms with Gasteiger partial charge in [-0.2, -0.15) is 5.10 Å². The lowest BCUT2D eigenvalue weighted by Crippen LogP contribution is -2.03. The van der Waals surface area contributed by atoms with Gasteiger partial charge in [0.1, 0.15) is 17.6 Å². The topological polar surface area (TPSA) is 46.5 Å². The summed E-state index contributed by atoms with van der Waals surface area (Å²) in [4.78, 5) is 7.31. The molecule has 6 heteroatoms. The van der Waals surface area contributed by atoms with E-state index in [4.69, 9.17) is 0 Å². The van der Waals surface area contributed by atoms with Crippen LogP contribution in [0.15, 0.2) is 48.7 Å². The van der Waals surface area contributed by atoms with Gasteiger partial charge in [0.15, 0.2) is 0 Å². The van der Waals surface area contributed by atoms with Crippen molar-refractivity contribution in [3.8, 4) is 5.69 Å². The Bertz CT molecular complexity index is 949. The Balaban J connectivity index is 1.82. The van der Waals surface area contributed by atoms with Gasteiger partial charge in [-0.1, -0.05) is 0 Å². The van der Waals surface area contributed by atoms with Crippen molar-refractivity contribution in [3.05, 3.63) is 60.0 Å². The Morgan fingerprint density at radius 3 is 3.04 bits per heavy atom. The molecule has 0 radical (unpaired) electrons. The van der Waals surface area contributed by atoms with E-state index in [0.717, 1.165) is 34.1 Å². The van der Waals surface area contributed by atoms with Gasteiger partial charge < -0.3 is 4.98 Å². The number of fused-ring (bicyclic) bond motifs is 1.